The Hall–Kier alpha value is -0.650. The Morgan fingerprint density at radius 3 is 3.00 bits per heavy atom. The molecule has 1 aliphatic heterocycles. The predicted octanol–water partition coefficient (Wildman–Crippen LogP) is -0.666. The van der Waals surface area contributed by atoms with Crippen LogP contribution in [0.25, 0.3) is 0 Å². The first-order valence-electron chi connectivity index (χ1n) is 5.36. The second-order valence-electron chi connectivity index (χ2n) is 3.86. The van der Waals surface area contributed by atoms with Gasteiger partial charge in [-0.3, -0.25) is 4.79 Å². The Kier molecular flexibility index (Phi) is 5.01. The molecule has 0 aromatic carbocycles. The molecule has 0 radical (unpaired) electrons. The Balaban J connectivity index is 2.45. The van der Waals surface area contributed by atoms with Crippen molar-refractivity contribution in [1.82, 2.24) is 4.90 Å². The number of rotatable bonds is 5. The summed E-state index contributed by atoms with van der Waals surface area (Å²) in [6, 6.07) is -0.00668. The zero-order valence-corrected chi connectivity index (χ0v) is 9.19. The van der Waals surface area contributed by atoms with E-state index in [1.165, 1.54) is 0 Å². The smallest absolute Gasteiger partial charge is 0.225 e. The normalized spacial score (nSPS) is 23.1. The zero-order valence-electron chi connectivity index (χ0n) is 9.19. The summed E-state index contributed by atoms with van der Waals surface area (Å²) in [5.74, 6) is 0.0313. The standard InChI is InChI=1S/C10H20N2O3/c1-15-9(6-11)5-10(14)12-4-2-3-8(12)7-13/h8-9,13H,2-7,11H2,1H3/t8-,9?/m1/s1. The molecule has 1 amide bonds. The van der Waals surface area contributed by atoms with Crippen LogP contribution < -0.4 is 5.73 Å². The van der Waals surface area contributed by atoms with Crippen LogP contribution in [-0.2, 0) is 9.53 Å². The number of ether oxygens (including phenoxy) is 1. The second kappa shape index (κ2) is 6.05. The lowest BCUT2D eigenvalue weighted by atomic mass is 10.2. The van der Waals surface area contributed by atoms with Crippen molar-refractivity contribution in [3.05, 3.63) is 0 Å². The van der Waals surface area contributed by atoms with Gasteiger partial charge < -0.3 is 20.5 Å². The molecule has 0 aromatic rings. The number of amides is 1. The number of carbonyl (C=O) groups excluding carboxylic acids is 1. The summed E-state index contributed by atoms with van der Waals surface area (Å²) in [5, 5.41) is 9.08. The van der Waals surface area contributed by atoms with Gasteiger partial charge in [0.1, 0.15) is 0 Å². The van der Waals surface area contributed by atoms with Crippen LogP contribution in [0.1, 0.15) is 19.3 Å². The maximum absolute atomic E-state index is 11.8. The summed E-state index contributed by atoms with van der Waals surface area (Å²) in [6.45, 7) is 1.14. The number of nitrogens with two attached hydrogens (primary N) is 1. The molecule has 88 valence electrons. The van der Waals surface area contributed by atoms with Crippen LogP contribution in [-0.4, -0.2) is 54.9 Å². The van der Waals surface area contributed by atoms with Crippen molar-refractivity contribution < 1.29 is 14.6 Å². The van der Waals surface area contributed by atoms with Crippen molar-refractivity contribution in [1.29, 1.82) is 0 Å². The molecule has 1 heterocycles. The average molecular weight is 216 g/mol. The van der Waals surface area contributed by atoms with E-state index >= 15 is 0 Å². The molecular formula is C10H20N2O3. The van der Waals surface area contributed by atoms with E-state index in [9.17, 15) is 4.79 Å². The quantitative estimate of drug-likeness (QED) is 0.639. The van der Waals surface area contributed by atoms with E-state index in [-0.39, 0.29) is 24.7 Å². The van der Waals surface area contributed by atoms with Gasteiger partial charge in [-0.1, -0.05) is 0 Å². The molecular weight excluding hydrogens is 196 g/mol. The summed E-state index contributed by atoms with van der Waals surface area (Å²) in [7, 11) is 1.55. The number of carbonyl (C=O) groups is 1. The first kappa shape index (κ1) is 12.4. The van der Waals surface area contributed by atoms with Crippen molar-refractivity contribution in [2.24, 2.45) is 5.73 Å². The second-order valence-corrected chi connectivity index (χ2v) is 3.86. The SMILES string of the molecule is COC(CN)CC(=O)N1CCC[C@@H]1CO. The number of likely N-dealkylation sites (tertiary alicyclic amines) is 1. The Morgan fingerprint density at radius 1 is 1.73 bits per heavy atom. The highest BCUT2D eigenvalue weighted by Gasteiger charge is 2.28. The lowest BCUT2D eigenvalue weighted by Crippen LogP contribution is -2.40. The van der Waals surface area contributed by atoms with Crippen molar-refractivity contribution in [2.45, 2.75) is 31.4 Å². The minimum atomic E-state index is -0.211. The molecule has 1 aliphatic rings. The summed E-state index contributed by atoms with van der Waals surface area (Å²) in [4.78, 5) is 13.6. The fraction of sp³-hybridized carbons (Fsp3) is 0.900. The third kappa shape index (κ3) is 3.15. The van der Waals surface area contributed by atoms with Crippen LogP contribution in [0.2, 0.25) is 0 Å². The third-order valence-electron chi connectivity index (χ3n) is 2.91. The molecule has 0 saturated carbocycles. The highest BCUT2D eigenvalue weighted by Crippen LogP contribution is 2.18. The van der Waals surface area contributed by atoms with E-state index in [2.05, 4.69) is 0 Å². The van der Waals surface area contributed by atoms with Gasteiger partial charge in [-0.25, -0.2) is 0 Å². The molecule has 2 atom stereocenters. The van der Waals surface area contributed by atoms with Crippen molar-refractivity contribution in [2.75, 3.05) is 26.8 Å². The first-order chi connectivity index (χ1) is 7.22. The molecule has 3 N–H and O–H groups in total. The highest BCUT2D eigenvalue weighted by atomic mass is 16.5. The lowest BCUT2D eigenvalue weighted by molar-refractivity contribution is -0.135. The molecule has 15 heavy (non-hydrogen) atoms. The van der Waals surface area contributed by atoms with Crippen LogP contribution in [0.4, 0.5) is 0 Å². The van der Waals surface area contributed by atoms with Crippen molar-refractivity contribution >= 4 is 5.91 Å². The molecule has 1 rings (SSSR count). The van der Waals surface area contributed by atoms with E-state index in [0.29, 0.717) is 13.0 Å². The van der Waals surface area contributed by atoms with Crippen LogP contribution in [0.3, 0.4) is 0 Å². The molecule has 5 nitrogen and oxygen atoms in total. The molecule has 0 aromatic heterocycles. The van der Waals surface area contributed by atoms with E-state index in [1.54, 1.807) is 12.0 Å². The van der Waals surface area contributed by atoms with Crippen molar-refractivity contribution in [3.8, 4) is 0 Å². The van der Waals surface area contributed by atoms with Crippen LogP contribution in [0.15, 0.2) is 0 Å². The largest absolute Gasteiger partial charge is 0.394 e. The fourth-order valence-corrected chi connectivity index (χ4v) is 1.93. The minimum absolute atomic E-state index is 0.00668. The third-order valence-corrected chi connectivity index (χ3v) is 2.91. The van der Waals surface area contributed by atoms with Crippen LogP contribution >= 0.6 is 0 Å². The molecule has 1 fully saturated rings. The highest BCUT2D eigenvalue weighted by molar-refractivity contribution is 5.77. The van der Waals surface area contributed by atoms with E-state index in [0.717, 1.165) is 19.4 Å². The zero-order chi connectivity index (χ0) is 11.3. The molecule has 0 bridgehead atoms. The molecule has 0 aliphatic carbocycles. The maximum Gasteiger partial charge on any atom is 0.225 e. The van der Waals surface area contributed by atoms with Gasteiger partial charge in [0.2, 0.25) is 5.91 Å². The van der Waals surface area contributed by atoms with Crippen LogP contribution in [0.5, 0.6) is 0 Å². The maximum atomic E-state index is 11.8. The number of aliphatic hydroxyl groups is 1. The van der Waals surface area contributed by atoms with E-state index in [4.69, 9.17) is 15.6 Å². The van der Waals surface area contributed by atoms with E-state index < -0.39 is 0 Å². The minimum Gasteiger partial charge on any atom is -0.394 e. The monoisotopic (exact) mass is 216 g/mol. The molecule has 1 unspecified atom stereocenters. The van der Waals surface area contributed by atoms with Gasteiger partial charge >= 0.3 is 0 Å². The van der Waals surface area contributed by atoms with Gasteiger partial charge in [-0.05, 0) is 12.8 Å². The van der Waals surface area contributed by atoms with Crippen LogP contribution in [0, 0.1) is 0 Å². The van der Waals surface area contributed by atoms with Gasteiger partial charge in [0.05, 0.1) is 25.2 Å². The van der Waals surface area contributed by atoms with Gasteiger partial charge in [-0.15, -0.1) is 0 Å². The number of hydrogen-bond acceptors (Lipinski definition) is 4. The average Bonchev–Trinajstić information content (AvgIpc) is 2.73. The predicted molar refractivity (Wildman–Crippen MR) is 56.3 cm³/mol. The Bertz CT molecular complexity index is 207. The summed E-state index contributed by atoms with van der Waals surface area (Å²) >= 11 is 0. The van der Waals surface area contributed by atoms with Crippen molar-refractivity contribution in [3.63, 3.8) is 0 Å². The Morgan fingerprint density at radius 2 is 2.47 bits per heavy atom. The van der Waals surface area contributed by atoms with E-state index in [1.807, 2.05) is 0 Å². The van der Waals surface area contributed by atoms with Gasteiger partial charge in [0.25, 0.3) is 0 Å². The number of methoxy groups -OCH3 is 1. The number of nitrogens with zero attached hydrogens (tertiary/aromatic N) is 1. The summed E-state index contributed by atoms with van der Waals surface area (Å²) in [6.07, 6.45) is 1.96. The molecule has 1 saturated heterocycles. The van der Waals surface area contributed by atoms with Gasteiger partial charge in [-0.2, -0.15) is 0 Å². The lowest BCUT2D eigenvalue weighted by Gasteiger charge is -2.24. The Labute approximate surface area is 90.2 Å². The summed E-state index contributed by atoms with van der Waals surface area (Å²) < 4.78 is 5.06. The molecule has 5 heteroatoms. The first-order valence-corrected chi connectivity index (χ1v) is 5.36. The topological polar surface area (TPSA) is 75.8 Å². The van der Waals surface area contributed by atoms with Gasteiger partial charge in [0.15, 0.2) is 0 Å². The number of aliphatic hydroxyl groups excluding tert-OH is 1. The summed E-state index contributed by atoms with van der Waals surface area (Å²) in [5.41, 5.74) is 5.45. The van der Waals surface area contributed by atoms with Gasteiger partial charge in [0, 0.05) is 20.2 Å². The molecule has 0 spiro atoms. The fourth-order valence-electron chi connectivity index (χ4n) is 1.93. The number of hydrogen-bond donors (Lipinski definition) is 2.